The fourth-order valence-corrected chi connectivity index (χ4v) is 0.203. The number of rotatable bonds is 0. The van der Waals surface area contributed by atoms with Gasteiger partial charge in [-0.05, 0) is 0 Å². The minimum absolute atomic E-state index is 0.0833. The van der Waals surface area contributed by atoms with Gasteiger partial charge in [0, 0.05) is 4.98 Å². The zero-order chi connectivity index (χ0) is 5.11. The van der Waals surface area contributed by atoms with E-state index < -0.39 is 0 Å². The van der Waals surface area contributed by atoms with Crippen molar-refractivity contribution in [1.29, 1.82) is 5.39 Å². The van der Waals surface area contributed by atoms with Gasteiger partial charge in [-0.15, -0.1) is 0 Å². The van der Waals surface area contributed by atoms with Crippen LogP contribution in [0.2, 0.25) is 0 Å². The molecule has 5 heteroatoms. The van der Waals surface area contributed by atoms with Crippen molar-refractivity contribution in [3.05, 3.63) is 11.2 Å². The molecule has 1 aromatic rings. The van der Waals surface area contributed by atoms with Crippen LogP contribution in [0.15, 0.2) is 10.8 Å². The van der Waals surface area contributed by atoms with E-state index in [1.165, 1.54) is 0 Å². The Bertz CT molecular complexity index is 172. The third kappa shape index (κ3) is 0.523. The Morgan fingerprint density at radius 2 is 2.71 bits per heavy atom. The summed E-state index contributed by atoms with van der Waals surface area (Å²) in [5, 5.41) is 14.1. The minimum Gasteiger partial charge on any atom is -0.319 e. The van der Waals surface area contributed by atoms with Gasteiger partial charge in [-0.25, -0.2) is 0 Å². The van der Waals surface area contributed by atoms with E-state index in [0.29, 0.717) is 0 Å². The molecule has 0 fully saturated rings. The summed E-state index contributed by atoms with van der Waals surface area (Å²) in [6, 6.07) is 0. The summed E-state index contributed by atoms with van der Waals surface area (Å²) in [4.78, 5) is 2.66. The van der Waals surface area contributed by atoms with Crippen molar-refractivity contribution in [2.75, 3.05) is 0 Å². The predicted octanol–water partition coefficient (Wildman–Crippen LogP) is 0.554. The molecule has 1 rings (SSSR count). The number of hydrogen-bond donors (Lipinski definition) is 0. The van der Waals surface area contributed by atoms with E-state index >= 15 is 0 Å². The van der Waals surface area contributed by atoms with Crippen molar-refractivity contribution >= 4 is 5.82 Å². The van der Waals surface area contributed by atoms with Crippen molar-refractivity contribution in [3.8, 4) is 0 Å². The van der Waals surface area contributed by atoms with Crippen LogP contribution < -0.4 is 0 Å². The molecule has 34 valence electrons. The molecule has 0 amide bonds. The maximum absolute atomic E-state index is 7.89. The first-order valence-corrected chi connectivity index (χ1v) is 1.55. The normalized spacial score (nSPS) is 7.86. The molecule has 7 heavy (non-hydrogen) atoms. The van der Waals surface area contributed by atoms with Crippen LogP contribution in [0.1, 0.15) is 0 Å². The largest absolute Gasteiger partial charge is 0.529 e. The number of diazo groups is 1. The fraction of sp³-hybridized carbons (Fsp3) is 0. The molecule has 0 aromatic carbocycles. The van der Waals surface area contributed by atoms with Gasteiger partial charge in [0.2, 0.25) is 6.26 Å². The molecule has 0 radical (unpaired) electrons. The SMILES string of the molecule is N#[N+]c1conn1. The molecule has 0 N–H and O–H groups in total. The Morgan fingerprint density at radius 3 is 3.00 bits per heavy atom. The third-order valence-corrected chi connectivity index (χ3v) is 0.451. The molecule has 0 saturated carbocycles. The quantitative estimate of drug-likeness (QED) is 0.443. The van der Waals surface area contributed by atoms with Gasteiger partial charge in [-0.3, -0.25) is 0 Å². The van der Waals surface area contributed by atoms with E-state index in [9.17, 15) is 0 Å². The fourth-order valence-electron chi connectivity index (χ4n) is 0.203. The molecule has 5 nitrogen and oxygen atoms in total. The van der Waals surface area contributed by atoms with E-state index in [1.54, 1.807) is 0 Å². The first-order chi connectivity index (χ1) is 3.43. The molecule has 1 heterocycles. The molecule has 0 bridgehead atoms. The van der Waals surface area contributed by atoms with Gasteiger partial charge in [0.15, 0.2) is 5.27 Å². The number of hydrogen-bond acceptors (Lipinski definition) is 4. The molecule has 0 aliphatic heterocycles. The molecular formula is C2HN4O+. The summed E-state index contributed by atoms with van der Waals surface area (Å²) in [6.45, 7) is 0. The van der Waals surface area contributed by atoms with Crippen LogP contribution in [0.4, 0.5) is 5.82 Å². The highest BCUT2D eigenvalue weighted by Gasteiger charge is 2.06. The summed E-state index contributed by atoms with van der Waals surface area (Å²) >= 11 is 0. The lowest BCUT2D eigenvalue weighted by atomic mass is 10.8. The molecule has 0 spiro atoms. The van der Waals surface area contributed by atoms with E-state index in [2.05, 4.69) is 19.9 Å². The van der Waals surface area contributed by atoms with Crippen LogP contribution in [0.25, 0.3) is 4.98 Å². The molecule has 0 atom stereocenters. The van der Waals surface area contributed by atoms with Crippen LogP contribution in [-0.4, -0.2) is 10.4 Å². The van der Waals surface area contributed by atoms with Gasteiger partial charge in [0.25, 0.3) is 0 Å². The molecule has 1 aromatic heterocycles. The van der Waals surface area contributed by atoms with Crippen molar-refractivity contribution < 1.29 is 4.52 Å². The second-order valence-electron chi connectivity index (χ2n) is 0.863. The van der Waals surface area contributed by atoms with E-state index in [4.69, 9.17) is 5.39 Å². The highest BCUT2D eigenvalue weighted by molar-refractivity contribution is 5.26. The van der Waals surface area contributed by atoms with Gasteiger partial charge in [0.1, 0.15) is 5.10 Å². The predicted molar refractivity (Wildman–Crippen MR) is 19.0 cm³/mol. The molecular weight excluding hydrogens is 96.0 g/mol. The summed E-state index contributed by atoms with van der Waals surface area (Å²) < 4.78 is 4.19. The first-order valence-electron chi connectivity index (χ1n) is 1.55. The van der Waals surface area contributed by atoms with Crippen molar-refractivity contribution in [2.45, 2.75) is 0 Å². The van der Waals surface area contributed by atoms with Crippen LogP contribution in [0.3, 0.4) is 0 Å². The second-order valence-corrected chi connectivity index (χ2v) is 0.863. The van der Waals surface area contributed by atoms with Gasteiger partial charge in [0.05, 0.1) is 5.39 Å². The Hall–Kier alpha value is -1.44. The average molecular weight is 97.1 g/mol. The smallest absolute Gasteiger partial charge is 0.319 e. The molecule has 0 saturated heterocycles. The highest BCUT2D eigenvalue weighted by atomic mass is 16.5. The van der Waals surface area contributed by atoms with Crippen molar-refractivity contribution in [1.82, 2.24) is 10.4 Å². The monoisotopic (exact) mass is 97.0 g/mol. The Kier molecular flexibility index (Phi) is 0.717. The lowest BCUT2D eigenvalue weighted by Gasteiger charge is -1.40. The topological polar surface area (TPSA) is 67.1 Å². The molecule has 0 aliphatic rings. The zero-order valence-electron chi connectivity index (χ0n) is 3.27. The maximum atomic E-state index is 7.89. The lowest BCUT2D eigenvalue weighted by molar-refractivity contribution is 0.393. The number of nitrogens with zero attached hydrogens (tertiary/aromatic N) is 4. The van der Waals surface area contributed by atoms with Gasteiger partial charge < -0.3 is 4.52 Å². The van der Waals surface area contributed by atoms with Gasteiger partial charge >= 0.3 is 5.82 Å². The van der Waals surface area contributed by atoms with Gasteiger partial charge in [-0.2, -0.15) is 0 Å². The lowest BCUT2D eigenvalue weighted by Crippen LogP contribution is -1.57. The summed E-state index contributed by atoms with van der Waals surface area (Å²) in [6.07, 6.45) is 1.12. The van der Waals surface area contributed by atoms with Crippen molar-refractivity contribution in [3.63, 3.8) is 0 Å². The summed E-state index contributed by atoms with van der Waals surface area (Å²) in [5.41, 5.74) is 0. The van der Waals surface area contributed by atoms with Gasteiger partial charge in [-0.1, -0.05) is 0 Å². The van der Waals surface area contributed by atoms with E-state index in [0.717, 1.165) is 6.26 Å². The first kappa shape index (κ1) is 3.74. The third-order valence-electron chi connectivity index (χ3n) is 0.451. The minimum atomic E-state index is 0.0833. The van der Waals surface area contributed by atoms with Crippen LogP contribution >= 0.6 is 0 Å². The standard InChI is InChI=1S/C2HN4O/c3-4-2-1-7-6-5-2/h1H/q+1. The average Bonchev–Trinajstić information content (AvgIpc) is 2.14. The number of aromatic nitrogens is 2. The highest BCUT2D eigenvalue weighted by Crippen LogP contribution is 2.00. The molecule has 0 unspecified atom stereocenters. The van der Waals surface area contributed by atoms with Crippen LogP contribution in [-0.2, 0) is 0 Å². The van der Waals surface area contributed by atoms with Crippen LogP contribution in [0.5, 0.6) is 0 Å². The second kappa shape index (κ2) is 1.34. The Balaban J connectivity index is 3.04. The van der Waals surface area contributed by atoms with E-state index in [1.807, 2.05) is 0 Å². The van der Waals surface area contributed by atoms with Crippen molar-refractivity contribution in [2.24, 2.45) is 0 Å². The summed E-state index contributed by atoms with van der Waals surface area (Å²) in [5.74, 6) is 0.0833. The zero-order valence-corrected chi connectivity index (χ0v) is 3.27. The molecule has 0 aliphatic carbocycles. The summed E-state index contributed by atoms with van der Waals surface area (Å²) in [7, 11) is 0. The maximum Gasteiger partial charge on any atom is 0.529 e. The van der Waals surface area contributed by atoms with E-state index in [-0.39, 0.29) is 5.82 Å². The van der Waals surface area contributed by atoms with Crippen LogP contribution in [0, 0.1) is 5.39 Å². The Labute approximate surface area is 38.5 Å². The Morgan fingerprint density at radius 1 is 1.86 bits per heavy atom.